The van der Waals surface area contributed by atoms with Crippen molar-refractivity contribution >= 4 is 17.3 Å². The van der Waals surface area contributed by atoms with Crippen LogP contribution >= 0.6 is 11.6 Å². The minimum atomic E-state index is -0.349. The molecule has 0 aliphatic carbocycles. The van der Waals surface area contributed by atoms with Crippen molar-refractivity contribution in [3.63, 3.8) is 0 Å². The molecule has 2 aromatic rings. The third-order valence-corrected chi connectivity index (χ3v) is 4.75. The van der Waals surface area contributed by atoms with Gasteiger partial charge in [-0.25, -0.2) is 5.10 Å². The Morgan fingerprint density at radius 3 is 2.62 bits per heavy atom. The molecule has 1 fully saturated rings. The number of aromatic nitrogens is 2. The maximum absolute atomic E-state index is 11.6. The van der Waals surface area contributed by atoms with Gasteiger partial charge in [-0.2, -0.15) is 5.10 Å². The van der Waals surface area contributed by atoms with E-state index in [-0.39, 0.29) is 16.6 Å². The van der Waals surface area contributed by atoms with Crippen LogP contribution in [0.2, 0.25) is 5.02 Å². The van der Waals surface area contributed by atoms with Crippen LogP contribution in [0, 0.1) is 0 Å². The number of piperazine rings is 1. The Labute approximate surface area is 146 Å². The molecule has 3 rings (SSSR count). The zero-order valence-electron chi connectivity index (χ0n) is 13.6. The first kappa shape index (κ1) is 17.0. The maximum atomic E-state index is 11.6. The molecule has 1 atom stereocenters. The average molecular weight is 349 g/mol. The highest BCUT2D eigenvalue weighted by atomic mass is 35.5. The molecule has 1 aliphatic heterocycles. The predicted molar refractivity (Wildman–Crippen MR) is 94.7 cm³/mol. The van der Waals surface area contributed by atoms with Gasteiger partial charge in [0.2, 0.25) is 0 Å². The number of hydrogen-bond acceptors (Lipinski definition) is 5. The lowest BCUT2D eigenvalue weighted by molar-refractivity contribution is 0.0856. The summed E-state index contributed by atoms with van der Waals surface area (Å²) < 4.78 is 5.43. The topological polar surface area (TPSA) is 61.5 Å². The number of nitrogens with zero attached hydrogens (tertiary/aromatic N) is 3. The van der Waals surface area contributed by atoms with Crippen molar-refractivity contribution < 1.29 is 4.74 Å². The molecule has 0 spiro atoms. The molecule has 128 valence electrons. The second kappa shape index (κ2) is 7.79. The number of halogens is 1. The Morgan fingerprint density at radius 2 is 1.96 bits per heavy atom. The molecule has 1 aromatic heterocycles. The molecule has 1 N–H and O–H groups in total. The van der Waals surface area contributed by atoms with Crippen molar-refractivity contribution in [3.05, 3.63) is 57.5 Å². The fourth-order valence-corrected chi connectivity index (χ4v) is 3.33. The van der Waals surface area contributed by atoms with Crippen LogP contribution in [0.1, 0.15) is 11.6 Å². The van der Waals surface area contributed by atoms with Crippen LogP contribution in [0.25, 0.3) is 0 Å². The van der Waals surface area contributed by atoms with E-state index in [9.17, 15) is 4.79 Å². The van der Waals surface area contributed by atoms with Gasteiger partial charge in [0.1, 0.15) is 5.02 Å². The van der Waals surface area contributed by atoms with Crippen LogP contribution in [-0.4, -0.2) is 55.0 Å². The van der Waals surface area contributed by atoms with Crippen molar-refractivity contribution in [1.82, 2.24) is 15.1 Å². The molecule has 24 heavy (non-hydrogen) atoms. The van der Waals surface area contributed by atoms with E-state index < -0.39 is 0 Å². The van der Waals surface area contributed by atoms with Crippen LogP contribution in [-0.2, 0) is 4.74 Å². The summed E-state index contributed by atoms with van der Waals surface area (Å²) in [5, 5.41) is 6.41. The Balaban J connectivity index is 1.71. The molecular formula is C17H21ClN4O2. The number of anilines is 1. The molecule has 2 heterocycles. The molecule has 0 amide bonds. The van der Waals surface area contributed by atoms with Crippen LogP contribution in [0.3, 0.4) is 0 Å². The molecular weight excluding hydrogens is 328 g/mol. The van der Waals surface area contributed by atoms with E-state index >= 15 is 0 Å². The summed E-state index contributed by atoms with van der Waals surface area (Å²) >= 11 is 6.11. The SMILES string of the molecule is COC[C@H](c1ccccc1)N1CCN(c2cn[nH]c(=O)c2Cl)CC1. The van der Waals surface area contributed by atoms with Gasteiger partial charge in [-0.05, 0) is 5.56 Å². The fraction of sp³-hybridized carbons (Fsp3) is 0.412. The Hall–Kier alpha value is -1.89. The largest absolute Gasteiger partial charge is 0.383 e. The summed E-state index contributed by atoms with van der Waals surface area (Å²) in [4.78, 5) is 16.1. The zero-order valence-corrected chi connectivity index (χ0v) is 14.4. The standard InChI is InChI=1S/C17H21ClN4O2/c1-24-12-15(13-5-3-2-4-6-13)22-9-7-21(8-10-22)14-11-19-20-17(23)16(14)18/h2-6,11,15H,7-10,12H2,1H3,(H,20,23)/t15-/m1/s1. The smallest absolute Gasteiger partial charge is 0.285 e. The van der Waals surface area contributed by atoms with Crippen LogP contribution < -0.4 is 10.5 Å². The number of H-pyrrole nitrogens is 1. The highest BCUT2D eigenvalue weighted by molar-refractivity contribution is 6.32. The normalized spacial score (nSPS) is 17.0. The van der Waals surface area contributed by atoms with E-state index in [4.69, 9.17) is 16.3 Å². The number of aromatic amines is 1. The van der Waals surface area contributed by atoms with E-state index in [1.54, 1.807) is 13.3 Å². The van der Waals surface area contributed by atoms with Gasteiger partial charge in [0, 0.05) is 33.3 Å². The first-order chi connectivity index (χ1) is 11.7. The summed E-state index contributed by atoms with van der Waals surface area (Å²) in [5.74, 6) is 0. The van der Waals surface area contributed by atoms with Crippen molar-refractivity contribution in [2.45, 2.75) is 6.04 Å². The quantitative estimate of drug-likeness (QED) is 0.894. The fourth-order valence-electron chi connectivity index (χ4n) is 3.11. The van der Waals surface area contributed by atoms with Gasteiger partial charge in [-0.3, -0.25) is 9.69 Å². The minimum Gasteiger partial charge on any atom is -0.383 e. The molecule has 0 saturated carbocycles. The lowest BCUT2D eigenvalue weighted by Crippen LogP contribution is -2.48. The van der Waals surface area contributed by atoms with E-state index in [1.165, 1.54) is 5.56 Å². The molecule has 1 aromatic carbocycles. The van der Waals surface area contributed by atoms with Crippen LogP contribution in [0.15, 0.2) is 41.3 Å². The third-order valence-electron chi connectivity index (χ3n) is 4.38. The van der Waals surface area contributed by atoms with E-state index in [2.05, 4.69) is 44.3 Å². The monoisotopic (exact) mass is 348 g/mol. The molecule has 0 radical (unpaired) electrons. The predicted octanol–water partition coefficient (Wildman–Crippen LogP) is 1.93. The average Bonchev–Trinajstić information content (AvgIpc) is 2.63. The number of nitrogens with one attached hydrogen (secondary N) is 1. The van der Waals surface area contributed by atoms with Gasteiger partial charge in [0.05, 0.1) is 24.5 Å². The number of hydrogen-bond donors (Lipinski definition) is 1. The zero-order chi connectivity index (χ0) is 16.9. The molecule has 6 nitrogen and oxygen atoms in total. The van der Waals surface area contributed by atoms with Gasteiger partial charge in [-0.1, -0.05) is 41.9 Å². The van der Waals surface area contributed by atoms with E-state index in [1.807, 2.05) is 6.07 Å². The van der Waals surface area contributed by atoms with Gasteiger partial charge in [0.15, 0.2) is 0 Å². The summed E-state index contributed by atoms with van der Waals surface area (Å²) in [6.45, 7) is 3.96. The van der Waals surface area contributed by atoms with Gasteiger partial charge in [0.25, 0.3) is 5.56 Å². The van der Waals surface area contributed by atoms with Crippen molar-refractivity contribution in [3.8, 4) is 0 Å². The lowest BCUT2D eigenvalue weighted by Gasteiger charge is -2.40. The van der Waals surface area contributed by atoms with Crippen molar-refractivity contribution in [2.75, 3.05) is 44.8 Å². The molecule has 1 aliphatic rings. The van der Waals surface area contributed by atoms with Gasteiger partial charge >= 0.3 is 0 Å². The van der Waals surface area contributed by atoms with Gasteiger partial charge < -0.3 is 9.64 Å². The summed E-state index contributed by atoms with van der Waals surface area (Å²) in [6, 6.07) is 10.6. The molecule has 0 bridgehead atoms. The molecule has 7 heteroatoms. The molecule has 1 saturated heterocycles. The Bertz CT molecular complexity index is 714. The van der Waals surface area contributed by atoms with Crippen molar-refractivity contribution in [2.24, 2.45) is 0 Å². The Kier molecular flexibility index (Phi) is 5.50. The highest BCUT2D eigenvalue weighted by Crippen LogP contribution is 2.26. The first-order valence-corrected chi connectivity index (χ1v) is 8.34. The minimum absolute atomic E-state index is 0.204. The lowest BCUT2D eigenvalue weighted by atomic mass is 10.1. The van der Waals surface area contributed by atoms with Gasteiger partial charge in [-0.15, -0.1) is 0 Å². The number of methoxy groups -OCH3 is 1. The van der Waals surface area contributed by atoms with E-state index in [0.29, 0.717) is 12.3 Å². The Morgan fingerprint density at radius 1 is 1.25 bits per heavy atom. The maximum Gasteiger partial charge on any atom is 0.285 e. The second-order valence-corrected chi connectivity index (χ2v) is 6.18. The van der Waals surface area contributed by atoms with E-state index in [0.717, 1.165) is 26.2 Å². The first-order valence-electron chi connectivity index (χ1n) is 7.96. The number of benzene rings is 1. The summed E-state index contributed by atoms with van der Waals surface area (Å²) in [7, 11) is 1.73. The third kappa shape index (κ3) is 3.61. The summed E-state index contributed by atoms with van der Waals surface area (Å²) in [5.41, 5.74) is 1.60. The van der Waals surface area contributed by atoms with Crippen LogP contribution in [0.5, 0.6) is 0 Å². The van der Waals surface area contributed by atoms with Crippen molar-refractivity contribution in [1.29, 1.82) is 0 Å². The second-order valence-electron chi connectivity index (χ2n) is 5.80. The highest BCUT2D eigenvalue weighted by Gasteiger charge is 2.26. The van der Waals surface area contributed by atoms with Crippen LogP contribution in [0.4, 0.5) is 5.69 Å². The summed E-state index contributed by atoms with van der Waals surface area (Å²) in [6.07, 6.45) is 1.61. The molecule has 0 unspecified atom stereocenters. The number of ether oxygens (including phenoxy) is 1. The number of rotatable bonds is 5.